The van der Waals surface area contributed by atoms with Gasteiger partial charge in [-0.1, -0.05) is 18.2 Å². The second-order valence-corrected chi connectivity index (χ2v) is 4.32. The molecule has 0 spiro atoms. The number of aliphatic carboxylic acids is 1. The van der Waals surface area contributed by atoms with Crippen molar-refractivity contribution in [3.05, 3.63) is 30.3 Å². The highest BCUT2D eigenvalue weighted by molar-refractivity contribution is 5.85. The third-order valence-electron chi connectivity index (χ3n) is 2.65. The summed E-state index contributed by atoms with van der Waals surface area (Å²) in [6.07, 6.45) is 2.20. The Bertz CT molecular complexity index is 346. The Labute approximate surface area is 120 Å². The van der Waals surface area contributed by atoms with Crippen molar-refractivity contribution < 1.29 is 14.6 Å². The molecule has 0 fully saturated rings. The fourth-order valence-electron chi connectivity index (χ4n) is 1.59. The van der Waals surface area contributed by atoms with E-state index in [4.69, 9.17) is 9.84 Å². The van der Waals surface area contributed by atoms with Crippen LogP contribution < -0.4 is 4.74 Å². The summed E-state index contributed by atoms with van der Waals surface area (Å²) in [5.74, 6) is 0.158. The van der Waals surface area contributed by atoms with Crippen molar-refractivity contribution >= 4 is 18.4 Å². The van der Waals surface area contributed by atoms with Crippen molar-refractivity contribution in [2.24, 2.45) is 0 Å². The number of rotatable bonds is 9. The quantitative estimate of drug-likeness (QED) is 0.710. The molecule has 0 aliphatic rings. The Morgan fingerprint density at radius 1 is 1.21 bits per heavy atom. The number of para-hydroxylation sites is 1. The molecule has 0 bridgehead atoms. The zero-order valence-electron chi connectivity index (χ0n) is 11.2. The number of nitrogens with zero attached hydrogens (tertiary/aromatic N) is 1. The number of hydrogen-bond acceptors (Lipinski definition) is 3. The van der Waals surface area contributed by atoms with E-state index in [0.29, 0.717) is 13.2 Å². The fraction of sp³-hybridized carbons (Fsp3) is 0.500. The predicted octanol–water partition coefficient (Wildman–Crippen LogP) is 2.67. The summed E-state index contributed by atoms with van der Waals surface area (Å²) in [5, 5.41) is 8.55. The van der Waals surface area contributed by atoms with E-state index in [0.717, 1.165) is 25.1 Å². The lowest BCUT2D eigenvalue weighted by Crippen LogP contribution is -2.23. The molecule has 0 heterocycles. The SMILES string of the molecule is CN(CCCCOc1ccccc1)CCC(=O)O.Cl. The molecular weight excluding hydrogens is 266 g/mol. The minimum atomic E-state index is -0.741. The molecular formula is C14H22ClNO3. The first-order valence-electron chi connectivity index (χ1n) is 6.26. The van der Waals surface area contributed by atoms with Gasteiger partial charge in [0.25, 0.3) is 0 Å². The predicted molar refractivity (Wildman–Crippen MR) is 78.2 cm³/mol. The first-order chi connectivity index (χ1) is 8.68. The largest absolute Gasteiger partial charge is 0.494 e. The third-order valence-corrected chi connectivity index (χ3v) is 2.65. The maximum Gasteiger partial charge on any atom is 0.304 e. The summed E-state index contributed by atoms with van der Waals surface area (Å²) in [6, 6.07) is 9.76. The number of carboxylic acid groups (broad SMARTS) is 1. The Morgan fingerprint density at radius 2 is 1.89 bits per heavy atom. The highest BCUT2D eigenvalue weighted by Gasteiger charge is 2.02. The molecule has 1 aromatic rings. The molecule has 1 N–H and O–H groups in total. The Kier molecular flexibility index (Phi) is 9.94. The number of ether oxygens (including phenoxy) is 1. The van der Waals surface area contributed by atoms with E-state index in [1.54, 1.807) is 0 Å². The van der Waals surface area contributed by atoms with Crippen molar-refractivity contribution in [1.82, 2.24) is 4.90 Å². The maximum absolute atomic E-state index is 10.4. The van der Waals surface area contributed by atoms with Crippen LogP contribution in [0.3, 0.4) is 0 Å². The average Bonchev–Trinajstić information content (AvgIpc) is 2.37. The molecule has 0 aliphatic carbocycles. The minimum absolute atomic E-state index is 0. The lowest BCUT2D eigenvalue weighted by Gasteiger charge is -2.15. The fourth-order valence-corrected chi connectivity index (χ4v) is 1.59. The van der Waals surface area contributed by atoms with E-state index in [1.165, 1.54) is 0 Å². The van der Waals surface area contributed by atoms with Crippen LogP contribution in [0.25, 0.3) is 0 Å². The second kappa shape index (κ2) is 10.6. The molecule has 4 nitrogen and oxygen atoms in total. The minimum Gasteiger partial charge on any atom is -0.494 e. The molecule has 5 heteroatoms. The van der Waals surface area contributed by atoms with Crippen molar-refractivity contribution in [1.29, 1.82) is 0 Å². The van der Waals surface area contributed by atoms with Gasteiger partial charge in [0.1, 0.15) is 5.75 Å². The highest BCUT2D eigenvalue weighted by Crippen LogP contribution is 2.08. The molecule has 0 unspecified atom stereocenters. The van der Waals surface area contributed by atoms with Crippen LogP contribution in [-0.2, 0) is 4.79 Å². The molecule has 108 valence electrons. The zero-order chi connectivity index (χ0) is 13.2. The van der Waals surface area contributed by atoms with Crippen LogP contribution in [0.4, 0.5) is 0 Å². The van der Waals surface area contributed by atoms with Gasteiger partial charge in [0.15, 0.2) is 0 Å². The van der Waals surface area contributed by atoms with Gasteiger partial charge < -0.3 is 14.7 Å². The molecule has 0 saturated carbocycles. The summed E-state index contributed by atoms with van der Waals surface area (Å²) in [5.41, 5.74) is 0. The number of hydrogen-bond donors (Lipinski definition) is 1. The van der Waals surface area contributed by atoms with Gasteiger partial charge in [-0.25, -0.2) is 0 Å². The monoisotopic (exact) mass is 287 g/mol. The summed E-state index contributed by atoms with van der Waals surface area (Å²) in [4.78, 5) is 12.4. The standard InChI is InChI=1S/C14H21NO3.ClH/c1-15(11-9-14(16)17)10-5-6-12-18-13-7-3-2-4-8-13;/h2-4,7-8H,5-6,9-12H2,1H3,(H,16,17);1H. The molecule has 0 saturated heterocycles. The maximum atomic E-state index is 10.4. The highest BCUT2D eigenvalue weighted by atomic mass is 35.5. The van der Waals surface area contributed by atoms with Gasteiger partial charge >= 0.3 is 5.97 Å². The topological polar surface area (TPSA) is 49.8 Å². The van der Waals surface area contributed by atoms with Crippen LogP contribution in [-0.4, -0.2) is 42.7 Å². The second-order valence-electron chi connectivity index (χ2n) is 4.32. The smallest absolute Gasteiger partial charge is 0.304 e. The zero-order valence-corrected chi connectivity index (χ0v) is 12.1. The molecule has 0 amide bonds. The van der Waals surface area contributed by atoms with Crippen LogP contribution in [0.5, 0.6) is 5.75 Å². The van der Waals surface area contributed by atoms with Gasteiger partial charge in [0.2, 0.25) is 0 Å². The Hall–Kier alpha value is -1.26. The van der Waals surface area contributed by atoms with Gasteiger partial charge in [-0.2, -0.15) is 0 Å². The van der Waals surface area contributed by atoms with E-state index in [2.05, 4.69) is 0 Å². The summed E-state index contributed by atoms with van der Waals surface area (Å²) in [6.45, 7) is 2.22. The van der Waals surface area contributed by atoms with Crippen molar-refractivity contribution in [2.45, 2.75) is 19.3 Å². The lowest BCUT2D eigenvalue weighted by molar-refractivity contribution is -0.137. The van der Waals surface area contributed by atoms with E-state index in [9.17, 15) is 4.79 Å². The number of carbonyl (C=O) groups is 1. The molecule has 1 aromatic carbocycles. The summed E-state index contributed by atoms with van der Waals surface area (Å²) >= 11 is 0. The molecule has 0 aliphatic heterocycles. The molecule has 0 radical (unpaired) electrons. The van der Waals surface area contributed by atoms with Crippen LogP contribution in [0.1, 0.15) is 19.3 Å². The number of halogens is 1. The van der Waals surface area contributed by atoms with Gasteiger partial charge in [-0.15, -0.1) is 12.4 Å². The average molecular weight is 288 g/mol. The first-order valence-corrected chi connectivity index (χ1v) is 6.26. The third kappa shape index (κ3) is 9.33. The molecule has 0 atom stereocenters. The number of carboxylic acids is 1. The molecule has 0 aromatic heterocycles. The Balaban J connectivity index is 0.00000324. The van der Waals surface area contributed by atoms with E-state index < -0.39 is 5.97 Å². The van der Waals surface area contributed by atoms with Crippen LogP contribution in [0.15, 0.2) is 30.3 Å². The van der Waals surface area contributed by atoms with Gasteiger partial charge in [-0.3, -0.25) is 4.79 Å². The normalized spacial score (nSPS) is 10.0. The number of unbranched alkanes of at least 4 members (excludes halogenated alkanes) is 1. The van der Waals surface area contributed by atoms with Gasteiger partial charge in [0.05, 0.1) is 13.0 Å². The van der Waals surface area contributed by atoms with Crippen molar-refractivity contribution in [3.8, 4) is 5.75 Å². The van der Waals surface area contributed by atoms with Crippen LogP contribution in [0, 0.1) is 0 Å². The van der Waals surface area contributed by atoms with Crippen LogP contribution in [0.2, 0.25) is 0 Å². The lowest BCUT2D eigenvalue weighted by atomic mass is 10.3. The van der Waals surface area contributed by atoms with E-state index in [1.807, 2.05) is 42.3 Å². The van der Waals surface area contributed by atoms with Crippen molar-refractivity contribution in [2.75, 3.05) is 26.7 Å². The molecule has 1 rings (SSSR count). The summed E-state index contributed by atoms with van der Waals surface area (Å²) < 4.78 is 5.57. The number of benzene rings is 1. The van der Waals surface area contributed by atoms with Gasteiger partial charge in [-0.05, 0) is 38.6 Å². The van der Waals surface area contributed by atoms with E-state index in [-0.39, 0.29) is 18.8 Å². The van der Waals surface area contributed by atoms with Crippen LogP contribution >= 0.6 is 12.4 Å². The summed E-state index contributed by atoms with van der Waals surface area (Å²) in [7, 11) is 1.95. The first kappa shape index (κ1) is 17.7. The molecule has 19 heavy (non-hydrogen) atoms. The Morgan fingerprint density at radius 3 is 2.53 bits per heavy atom. The van der Waals surface area contributed by atoms with E-state index >= 15 is 0 Å². The van der Waals surface area contributed by atoms with Crippen molar-refractivity contribution in [3.63, 3.8) is 0 Å². The van der Waals surface area contributed by atoms with Gasteiger partial charge in [0, 0.05) is 6.54 Å².